The summed E-state index contributed by atoms with van der Waals surface area (Å²) in [4.78, 5) is 28.6. The molecule has 0 rings (SSSR count). The topological polar surface area (TPSA) is 116 Å². The minimum atomic E-state index is -4.60. The summed E-state index contributed by atoms with van der Waals surface area (Å²) in [6.07, 6.45) is -0.654. The molecule has 0 aliphatic rings. The van der Waals surface area contributed by atoms with E-state index in [9.17, 15) is 14.5 Å². The number of phosphoric acid groups is 1. The quantitative estimate of drug-likeness (QED) is 0.484. The van der Waals surface area contributed by atoms with Crippen LogP contribution in [0.5, 0.6) is 0 Å². The molecule has 0 spiro atoms. The minimum Gasteiger partial charge on any atom is -0.383 e. The van der Waals surface area contributed by atoms with Gasteiger partial charge in [-0.1, -0.05) is 20.8 Å². The number of aliphatic hydroxyl groups excluding tert-OH is 1. The lowest BCUT2D eigenvalue weighted by Crippen LogP contribution is -2.46. The summed E-state index contributed by atoms with van der Waals surface area (Å²) in [7, 11) is -4.60. The van der Waals surface area contributed by atoms with Gasteiger partial charge in [0, 0.05) is 12.0 Å². The molecular weight excluding hydrogens is 249 g/mol. The summed E-state index contributed by atoms with van der Waals surface area (Å²) in [5, 5.41) is 12.2. The maximum atomic E-state index is 11.5. The van der Waals surface area contributed by atoms with Crippen LogP contribution in [-0.4, -0.2) is 40.1 Å². The molecule has 0 aliphatic carbocycles. The van der Waals surface area contributed by atoms with Gasteiger partial charge in [-0.3, -0.25) is 9.32 Å². The van der Waals surface area contributed by atoms with Crippen LogP contribution in [0.4, 0.5) is 0 Å². The number of phosphoric ester groups is 1. The fraction of sp³-hybridized carbons (Fsp3) is 0.889. The molecule has 0 aliphatic heterocycles. The molecule has 7 nitrogen and oxygen atoms in total. The first-order chi connectivity index (χ1) is 7.60. The van der Waals surface area contributed by atoms with E-state index in [0.29, 0.717) is 6.54 Å². The van der Waals surface area contributed by atoms with Crippen LogP contribution >= 0.6 is 7.82 Å². The predicted octanol–water partition coefficient (Wildman–Crippen LogP) is 0.00900. The molecule has 0 aromatic rings. The Morgan fingerprint density at radius 1 is 1.47 bits per heavy atom. The number of aliphatic hydroxyl groups is 1. The number of rotatable bonds is 7. The van der Waals surface area contributed by atoms with Gasteiger partial charge in [0.2, 0.25) is 5.91 Å². The normalized spacial score (nSPS) is 14.5. The molecule has 1 amide bonds. The van der Waals surface area contributed by atoms with Gasteiger partial charge in [-0.2, -0.15) is 0 Å². The van der Waals surface area contributed by atoms with Gasteiger partial charge < -0.3 is 20.2 Å². The van der Waals surface area contributed by atoms with E-state index < -0.39 is 31.9 Å². The van der Waals surface area contributed by atoms with Gasteiger partial charge in [0.05, 0.1) is 6.61 Å². The lowest BCUT2D eigenvalue weighted by atomic mass is 9.87. The maximum absolute atomic E-state index is 11.5. The van der Waals surface area contributed by atoms with Gasteiger partial charge in [0.25, 0.3) is 0 Å². The third kappa shape index (κ3) is 6.75. The number of hydrogen-bond donors (Lipinski definition) is 4. The molecule has 0 saturated carbocycles. The fourth-order valence-corrected chi connectivity index (χ4v) is 1.53. The SMILES string of the molecule is CCCNC(=O)C(O)C(C)(C)COP(=O)(O)O. The van der Waals surface area contributed by atoms with Crippen molar-refractivity contribution in [3.8, 4) is 0 Å². The number of nitrogens with one attached hydrogen (secondary N) is 1. The van der Waals surface area contributed by atoms with E-state index in [1.165, 1.54) is 13.8 Å². The molecule has 102 valence electrons. The first-order valence-corrected chi connectivity index (χ1v) is 6.79. The Bertz CT molecular complexity index is 300. The zero-order valence-corrected chi connectivity index (χ0v) is 11.1. The van der Waals surface area contributed by atoms with Crippen LogP contribution in [0.1, 0.15) is 27.2 Å². The zero-order chi connectivity index (χ0) is 13.7. The molecule has 0 heterocycles. The summed E-state index contributed by atoms with van der Waals surface area (Å²) >= 11 is 0. The first kappa shape index (κ1) is 16.5. The fourth-order valence-electron chi connectivity index (χ4n) is 1.03. The standard InChI is InChI=1S/C9H20NO6P/c1-4-5-10-8(12)7(11)9(2,3)6-16-17(13,14)15/h7,11H,4-6H2,1-3H3,(H,10,12)(H2,13,14,15). The molecule has 0 fully saturated rings. The molecule has 4 N–H and O–H groups in total. The largest absolute Gasteiger partial charge is 0.469 e. The molecular formula is C9H20NO6P. The van der Waals surface area contributed by atoms with E-state index in [4.69, 9.17) is 9.79 Å². The average Bonchev–Trinajstić information content (AvgIpc) is 2.21. The van der Waals surface area contributed by atoms with E-state index in [-0.39, 0.29) is 0 Å². The number of carbonyl (C=O) groups is 1. The summed E-state index contributed by atoms with van der Waals surface area (Å²) in [5.74, 6) is -0.578. The van der Waals surface area contributed by atoms with Crippen molar-refractivity contribution in [3.05, 3.63) is 0 Å². The number of hydrogen-bond acceptors (Lipinski definition) is 4. The smallest absolute Gasteiger partial charge is 0.383 e. The van der Waals surface area contributed by atoms with E-state index in [1.807, 2.05) is 6.92 Å². The molecule has 8 heteroatoms. The van der Waals surface area contributed by atoms with Crippen LogP contribution in [0.15, 0.2) is 0 Å². The Labute approximate surface area is 100 Å². The van der Waals surface area contributed by atoms with Gasteiger partial charge in [0.1, 0.15) is 6.10 Å². The Kier molecular flexibility index (Phi) is 6.29. The predicted molar refractivity (Wildman–Crippen MR) is 61.1 cm³/mol. The Balaban J connectivity index is 4.38. The Morgan fingerprint density at radius 2 is 2.00 bits per heavy atom. The highest BCUT2D eigenvalue weighted by Crippen LogP contribution is 2.38. The van der Waals surface area contributed by atoms with Crippen molar-refractivity contribution < 1.29 is 28.8 Å². The van der Waals surface area contributed by atoms with Crippen molar-refractivity contribution in [3.63, 3.8) is 0 Å². The third-order valence-electron chi connectivity index (χ3n) is 2.14. The van der Waals surface area contributed by atoms with Crippen LogP contribution in [0.3, 0.4) is 0 Å². The second-order valence-corrected chi connectivity index (χ2v) is 5.69. The van der Waals surface area contributed by atoms with Crippen LogP contribution in [0.25, 0.3) is 0 Å². The number of amides is 1. The molecule has 0 aromatic carbocycles. The Hall–Kier alpha value is -0.460. The lowest BCUT2D eigenvalue weighted by Gasteiger charge is -2.29. The van der Waals surface area contributed by atoms with Gasteiger partial charge in [-0.05, 0) is 6.42 Å². The van der Waals surface area contributed by atoms with E-state index in [0.717, 1.165) is 6.42 Å². The number of carbonyl (C=O) groups excluding carboxylic acids is 1. The molecule has 17 heavy (non-hydrogen) atoms. The maximum Gasteiger partial charge on any atom is 0.469 e. The van der Waals surface area contributed by atoms with Crippen molar-refractivity contribution >= 4 is 13.7 Å². The van der Waals surface area contributed by atoms with Gasteiger partial charge >= 0.3 is 7.82 Å². The Morgan fingerprint density at radius 3 is 2.41 bits per heavy atom. The van der Waals surface area contributed by atoms with Gasteiger partial charge in [-0.25, -0.2) is 4.57 Å². The zero-order valence-electron chi connectivity index (χ0n) is 10.2. The van der Waals surface area contributed by atoms with E-state index in [1.54, 1.807) is 0 Å². The van der Waals surface area contributed by atoms with Crippen molar-refractivity contribution in [2.75, 3.05) is 13.2 Å². The highest BCUT2D eigenvalue weighted by Gasteiger charge is 2.35. The molecule has 1 unspecified atom stereocenters. The molecule has 0 aromatic heterocycles. The monoisotopic (exact) mass is 269 g/mol. The van der Waals surface area contributed by atoms with Crippen LogP contribution < -0.4 is 5.32 Å². The second kappa shape index (κ2) is 6.47. The summed E-state index contributed by atoms with van der Waals surface area (Å²) in [6.45, 7) is 4.86. The highest BCUT2D eigenvalue weighted by atomic mass is 31.2. The average molecular weight is 269 g/mol. The van der Waals surface area contributed by atoms with Crippen molar-refractivity contribution in [1.29, 1.82) is 0 Å². The lowest BCUT2D eigenvalue weighted by molar-refractivity contribution is -0.136. The van der Waals surface area contributed by atoms with E-state index >= 15 is 0 Å². The second-order valence-electron chi connectivity index (χ2n) is 4.45. The molecule has 0 bridgehead atoms. The molecule has 0 radical (unpaired) electrons. The summed E-state index contributed by atoms with van der Waals surface area (Å²) < 4.78 is 14.8. The van der Waals surface area contributed by atoms with Gasteiger partial charge in [0.15, 0.2) is 0 Å². The third-order valence-corrected chi connectivity index (χ3v) is 2.61. The van der Waals surface area contributed by atoms with E-state index in [2.05, 4.69) is 9.84 Å². The van der Waals surface area contributed by atoms with Crippen molar-refractivity contribution in [1.82, 2.24) is 5.32 Å². The summed E-state index contributed by atoms with van der Waals surface area (Å²) in [6, 6.07) is 0. The van der Waals surface area contributed by atoms with Crippen LogP contribution in [0.2, 0.25) is 0 Å². The van der Waals surface area contributed by atoms with Crippen LogP contribution in [-0.2, 0) is 13.9 Å². The summed E-state index contributed by atoms with van der Waals surface area (Å²) in [5.41, 5.74) is -1.08. The van der Waals surface area contributed by atoms with Crippen LogP contribution in [0, 0.1) is 5.41 Å². The first-order valence-electron chi connectivity index (χ1n) is 5.26. The minimum absolute atomic E-state index is 0.419. The molecule has 0 saturated heterocycles. The highest BCUT2D eigenvalue weighted by molar-refractivity contribution is 7.46. The molecule has 1 atom stereocenters. The van der Waals surface area contributed by atoms with Crippen molar-refractivity contribution in [2.24, 2.45) is 5.41 Å². The van der Waals surface area contributed by atoms with Crippen molar-refractivity contribution in [2.45, 2.75) is 33.3 Å². The van der Waals surface area contributed by atoms with Gasteiger partial charge in [-0.15, -0.1) is 0 Å².